The van der Waals surface area contributed by atoms with Crippen LogP contribution in [0, 0.1) is 17.1 Å². The Labute approximate surface area is 143 Å². The second-order valence-corrected chi connectivity index (χ2v) is 5.13. The van der Waals surface area contributed by atoms with Crippen LogP contribution in [0.2, 0.25) is 0 Å². The van der Waals surface area contributed by atoms with E-state index in [1.54, 1.807) is 54.7 Å². The number of halogens is 1. The number of carbonyl (C=O) groups excluding carboxylic acids is 1. The van der Waals surface area contributed by atoms with E-state index in [0.29, 0.717) is 22.6 Å². The van der Waals surface area contributed by atoms with Crippen molar-refractivity contribution in [2.45, 2.75) is 0 Å². The Balaban J connectivity index is 1.75. The highest BCUT2D eigenvalue weighted by atomic mass is 19.1. The molecule has 5 nitrogen and oxygen atoms in total. The van der Waals surface area contributed by atoms with Gasteiger partial charge in [0.15, 0.2) is 0 Å². The Hall–Kier alpha value is -3.72. The fraction of sp³-hybridized carbons (Fsp3) is 0. The van der Waals surface area contributed by atoms with Gasteiger partial charge in [-0.25, -0.2) is 9.07 Å². The highest BCUT2D eigenvalue weighted by Crippen LogP contribution is 2.16. The highest BCUT2D eigenvalue weighted by molar-refractivity contribution is 6.01. The molecule has 0 spiro atoms. The minimum absolute atomic E-state index is 0.332. The summed E-state index contributed by atoms with van der Waals surface area (Å²) in [5.41, 5.74) is 1.57. The van der Waals surface area contributed by atoms with Crippen molar-refractivity contribution in [3.8, 4) is 11.8 Å². The molecule has 3 rings (SSSR count). The second-order valence-electron chi connectivity index (χ2n) is 5.13. The van der Waals surface area contributed by atoms with E-state index in [9.17, 15) is 9.18 Å². The lowest BCUT2D eigenvalue weighted by molar-refractivity contribution is -0.111. The molecule has 0 fully saturated rings. The van der Waals surface area contributed by atoms with Crippen LogP contribution in [0.1, 0.15) is 11.1 Å². The third-order valence-corrected chi connectivity index (χ3v) is 3.45. The highest BCUT2D eigenvalue weighted by Gasteiger charge is 2.07. The first-order valence-corrected chi connectivity index (χ1v) is 7.45. The molecule has 0 radical (unpaired) electrons. The van der Waals surface area contributed by atoms with E-state index in [4.69, 9.17) is 5.26 Å². The van der Waals surface area contributed by atoms with Gasteiger partial charge in [0.25, 0.3) is 0 Å². The summed E-state index contributed by atoms with van der Waals surface area (Å²) in [5.74, 6) is -0.333. The summed E-state index contributed by atoms with van der Waals surface area (Å²) in [6.07, 6.45) is 4.22. The lowest BCUT2D eigenvalue weighted by Crippen LogP contribution is -2.12. The molecule has 0 aliphatic rings. The molecule has 0 saturated heterocycles. The molecule has 0 saturated carbocycles. The van der Waals surface area contributed by atoms with Crippen LogP contribution in [0.3, 0.4) is 0 Å². The van der Waals surface area contributed by atoms with E-state index in [1.165, 1.54) is 22.9 Å². The number of amides is 1. The van der Waals surface area contributed by atoms with Crippen LogP contribution >= 0.6 is 0 Å². The van der Waals surface area contributed by atoms with Gasteiger partial charge in [-0.1, -0.05) is 18.2 Å². The third kappa shape index (κ3) is 3.79. The fourth-order valence-corrected chi connectivity index (χ4v) is 2.22. The maximum absolute atomic E-state index is 13.5. The largest absolute Gasteiger partial charge is 0.307 e. The summed E-state index contributed by atoms with van der Waals surface area (Å²) in [5, 5.41) is 15.7. The monoisotopic (exact) mass is 332 g/mol. The minimum atomic E-state index is -0.404. The number of nitrogens with one attached hydrogen (secondary N) is 1. The normalized spacial score (nSPS) is 10.6. The molecule has 6 heteroatoms. The molecule has 122 valence electrons. The van der Waals surface area contributed by atoms with Crippen molar-refractivity contribution in [2.75, 3.05) is 5.32 Å². The van der Waals surface area contributed by atoms with Crippen LogP contribution in [0.15, 0.2) is 66.9 Å². The lowest BCUT2D eigenvalue weighted by atomic mass is 10.2. The molecule has 0 aliphatic carbocycles. The van der Waals surface area contributed by atoms with E-state index in [0.717, 1.165) is 0 Å². The number of hydrogen-bond donors (Lipinski definition) is 1. The van der Waals surface area contributed by atoms with Crippen molar-refractivity contribution in [3.63, 3.8) is 0 Å². The van der Waals surface area contributed by atoms with Gasteiger partial charge in [-0.05, 0) is 36.4 Å². The molecule has 1 amide bonds. The number of benzene rings is 2. The first-order valence-electron chi connectivity index (χ1n) is 7.45. The smallest absolute Gasteiger partial charge is 0.249 e. The van der Waals surface area contributed by atoms with Crippen molar-refractivity contribution >= 4 is 17.8 Å². The van der Waals surface area contributed by atoms with Gasteiger partial charge >= 0.3 is 0 Å². The van der Waals surface area contributed by atoms with E-state index in [1.807, 2.05) is 6.07 Å². The lowest BCUT2D eigenvalue weighted by Gasteiger charge is -2.07. The predicted octanol–water partition coefficient (Wildman–Crippen LogP) is 3.53. The average Bonchev–Trinajstić information content (AvgIpc) is 3.09. The average molecular weight is 332 g/mol. The van der Waals surface area contributed by atoms with Crippen molar-refractivity contribution < 1.29 is 9.18 Å². The summed E-state index contributed by atoms with van der Waals surface area (Å²) in [7, 11) is 0. The summed E-state index contributed by atoms with van der Waals surface area (Å²) in [6, 6.07) is 16.7. The summed E-state index contributed by atoms with van der Waals surface area (Å²) in [4.78, 5) is 12.1. The van der Waals surface area contributed by atoms with Gasteiger partial charge in [0.2, 0.25) is 5.91 Å². The van der Waals surface area contributed by atoms with Crippen LogP contribution in [0.25, 0.3) is 11.8 Å². The van der Waals surface area contributed by atoms with Crippen LogP contribution < -0.4 is 5.32 Å². The molecule has 0 atom stereocenters. The van der Waals surface area contributed by atoms with Gasteiger partial charge < -0.3 is 5.32 Å². The standard InChI is InChI=1S/C19H13FN4O/c20-17-4-2-1-3-15(17)7-10-19(25)23-18-11-12-22-24(18)16-8-5-14(13-21)6-9-16/h1-12H,(H,23,25). The molecular formula is C19H13FN4O. The van der Waals surface area contributed by atoms with Crippen molar-refractivity contribution in [1.29, 1.82) is 5.26 Å². The van der Waals surface area contributed by atoms with Crippen molar-refractivity contribution in [2.24, 2.45) is 0 Å². The molecule has 0 bridgehead atoms. The van der Waals surface area contributed by atoms with Crippen LogP contribution in [0.5, 0.6) is 0 Å². The zero-order chi connectivity index (χ0) is 17.6. The molecular weight excluding hydrogens is 319 g/mol. The topological polar surface area (TPSA) is 70.7 Å². The third-order valence-electron chi connectivity index (χ3n) is 3.45. The van der Waals surface area contributed by atoms with E-state index in [2.05, 4.69) is 10.4 Å². The predicted molar refractivity (Wildman–Crippen MR) is 92.3 cm³/mol. The maximum Gasteiger partial charge on any atom is 0.249 e. The molecule has 1 aromatic heterocycles. The van der Waals surface area contributed by atoms with E-state index in [-0.39, 0.29) is 0 Å². The van der Waals surface area contributed by atoms with Crippen LogP contribution in [-0.4, -0.2) is 15.7 Å². The van der Waals surface area contributed by atoms with Crippen LogP contribution in [0.4, 0.5) is 10.2 Å². The van der Waals surface area contributed by atoms with Gasteiger partial charge in [0, 0.05) is 17.7 Å². The summed E-state index contributed by atoms with van der Waals surface area (Å²) in [6.45, 7) is 0. The number of anilines is 1. The number of hydrogen-bond acceptors (Lipinski definition) is 3. The first kappa shape index (κ1) is 16.1. The number of nitriles is 1. The molecule has 1 N–H and O–H groups in total. The Morgan fingerprint density at radius 2 is 1.92 bits per heavy atom. The Bertz CT molecular complexity index is 968. The number of rotatable bonds is 4. The van der Waals surface area contributed by atoms with Gasteiger partial charge in [0.05, 0.1) is 23.5 Å². The Morgan fingerprint density at radius 3 is 2.64 bits per heavy atom. The van der Waals surface area contributed by atoms with E-state index < -0.39 is 11.7 Å². The summed E-state index contributed by atoms with van der Waals surface area (Å²) < 4.78 is 15.1. The van der Waals surface area contributed by atoms with Gasteiger partial charge in [-0.3, -0.25) is 4.79 Å². The molecule has 3 aromatic rings. The van der Waals surface area contributed by atoms with Gasteiger partial charge in [-0.15, -0.1) is 0 Å². The number of nitrogens with zero attached hydrogens (tertiary/aromatic N) is 3. The minimum Gasteiger partial charge on any atom is -0.307 e. The molecule has 0 aliphatic heterocycles. The molecule has 1 heterocycles. The zero-order valence-electron chi connectivity index (χ0n) is 13.1. The van der Waals surface area contributed by atoms with Gasteiger partial charge in [-0.2, -0.15) is 10.4 Å². The SMILES string of the molecule is N#Cc1ccc(-n2nccc2NC(=O)C=Cc2ccccc2F)cc1. The fourth-order valence-electron chi connectivity index (χ4n) is 2.22. The molecule has 25 heavy (non-hydrogen) atoms. The maximum atomic E-state index is 13.5. The number of aromatic nitrogens is 2. The molecule has 2 aromatic carbocycles. The van der Waals surface area contributed by atoms with Gasteiger partial charge in [0.1, 0.15) is 11.6 Å². The van der Waals surface area contributed by atoms with E-state index >= 15 is 0 Å². The Kier molecular flexibility index (Phi) is 4.67. The van der Waals surface area contributed by atoms with Crippen LogP contribution in [-0.2, 0) is 4.79 Å². The first-order chi connectivity index (χ1) is 12.2. The number of carbonyl (C=O) groups is 1. The second kappa shape index (κ2) is 7.23. The van der Waals surface area contributed by atoms with Crippen molar-refractivity contribution in [1.82, 2.24) is 9.78 Å². The summed E-state index contributed by atoms with van der Waals surface area (Å²) >= 11 is 0. The quantitative estimate of drug-likeness (QED) is 0.743. The molecule has 0 unspecified atom stereocenters. The Morgan fingerprint density at radius 1 is 1.16 bits per heavy atom. The van der Waals surface area contributed by atoms with Crippen molar-refractivity contribution in [3.05, 3.63) is 83.8 Å². The zero-order valence-corrected chi connectivity index (χ0v) is 13.1.